The summed E-state index contributed by atoms with van der Waals surface area (Å²) >= 11 is 0. The van der Waals surface area contributed by atoms with Crippen LogP contribution in [-0.4, -0.2) is 19.3 Å². The fraction of sp³-hybridized carbons (Fsp3) is 0.700. The first-order valence-corrected chi connectivity index (χ1v) is 4.87. The average Bonchev–Trinajstić information content (AvgIpc) is 2.24. The summed E-state index contributed by atoms with van der Waals surface area (Å²) in [5.41, 5.74) is 0. The quantitative estimate of drug-likeness (QED) is 0.585. The van der Waals surface area contributed by atoms with Gasteiger partial charge in [0.2, 0.25) is 0 Å². The fourth-order valence-corrected chi connectivity index (χ4v) is 1.19. The van der Waals surface area contributed by atoms with Gasteiger partial charge in [-0.15, -0.1) is 0 Å². The van der Waals surface area contributed by atoms with Crippen molar-refractivity contribution < 1.29 is 0 Å². The molecule has 12 heavy (non-hydrogen) atoms. The third kappa shape index (κ3) is 4.94. The molecule has 0 aliphatic carbocycles. The zero-order valence-corrected chi connectivity index (χ0v) is 7.63. The van der Waals surface area contributed by atoms with Crippen molar-refractivity contribution in [1.82, 2.24) is 5.32 Å². The smallest absolute Gasteiger partial charge is 0.0385 e. The number of hydrogen-bond donors (Lipinski definition) is 1. The van der Waals surface area contributed by atoms with Gasteiger partial charge in [0.25, 0.3) is 0 Å². The Bertz CT molecular complexity index is 116. The molecule has 0 unspecified atom stereocenters. The minimum atomic E-state index is 1.07. The highest BCUT2D eigenvalue weighted by Crippen LogP contribution is 1.97. The van der Waals surface area contributed by atoms with Gasteiger partial charge in [-0.1, -0.05) is 6.08 Å². The van der Waals surface area contributed by atoms with E-state index < -0.39 is 0 Å². The Morgan fingerprint density at radius 1 is 1.08 bits per heavy atom. The molecular weight excluding hydrogens is 148 g/mol. The molecular formula is C10H18N2. The Balaban J connectivity index is 0.000000120. The Morgan fingerprint density at radius 2 is 2.08 bits per heavy atom. The third-order valence-electron chi connectivity index (χ3n) is 1.93. The first-order chi connectivity index (χ1) is 6.00. The van der Waals surface area contributed by atoms with E-state index in [0.717, 1.165) is 13.1 Å². The minimum Gasteiger partial charge on any atom is -0.391 e. The number of hydrogen-bond acceptors (Lipinski definition) is 2. The normalized spacial score (nSPS) is 20.7. The molecule has 0 fully saturated rings. The van der Waals surface area contributed by atoms with Crippen LogP contribution in [0.5, 0.6) is 0 Å². The van der Waals surface area contributed by atoms with E-state index in [9.17, 15) is 0 Å². The van der Waals surface area contributed by atoms with Crippen molar-refractivity contribution in [1.29, 1.82) is 0 Å². The van der Waals surface area contributed by atoms with Gasteiger partial charge >= 0.3 is 0 Å². The summed E-state index contributed by atoms with van der Waals surface area (Å²) in [6.07, 6.45) is 12.6. The summed E-state index contributed by atoms with van der Waals surface area (Å²) in [7, 11) is 0. The highest BCUT2D eigenvalue weighted by Gasteiger charge is 1.88. The van der Waals surface area contributed by atoms with Crippen LogP contribution in [0.2, 0.25) is 0 Å². The maximum atomic E-state index is 4.05. The van der Waals surface area contributed by atoms with E-state index in [-0.39, 0.29) is 0 Å². The molecule has 2 aliphatic rings. The summed E-state index contributed by atoms with van der Waals surface area (Å²) in [5.74, 6) is 0. The molecule has 2 heteroatoms. The molecule has 0 spiro atoms. The van der Waals surface area contributed by atoms with Gasteiger partial charge in [-0.25, -0.2) is 0 Å². The van der Waals surface area contributed by atoms with Gasteiger partial charge in [0.1, 0.15) is 0 Å². The first-order valence-electron chi connectivity index (χ1n) is 4.87. The second-order valence-electron chi connectivity index (χ2n) is 3.08. The molecule has 2 nitrogen and oxygen atoms in total. The zero-order chi connectivity index (χ0) is 8.49. The summed E-state index contributed by atoms with van der Waals surface area (Å²) in [6, 6.07) is 0. The van der Waals surface area contributed by atoms with Crippen LogP contribution in [0, 0.1) is 0 Å². The van der Waals surface area contributed by atoms with Crippen LogP contribution >= 0.6 is 0 Å². The van der Waals surface area contributed by atoms with Gasteiger partial charge in [-0.3, -0.25) is 4.99 Å². The van der Waals surface area contributed by atoms with Gasteiger partial charge in [-0.05, 0) is 44.5 Å². The summed E-state index contributed by atoms with van der Waals surface area (Å²) in [6.45, 7) is 2.23. The molecule has 0 atom stereocenters. The van der Waals surface area contributed by atoms with E-state index in [0.29, 0.717) is 0 Å². The number of allylic oxidation sites excluding steroid dienone is 1. The number of nitrogens with one attached hydrogen (secondary N) is 1. The van der Waals surface area contributed by atoms with Crippen molar-refractivity contribution in [2.45, 2.75) is 32.1 Å². The monoisotopic (exact) mass is 166 g/mol. The van der Waals surface area contributed by atoms with Crippen LogP contribution in [0.25, 0.3) is 0 Å². The van der Waals surface area contributed by atoms with Crippen LogP contribution in [0.4, 0.5) is 0 Å². The van der Waals surface area contributed by atoms with Crippen LogP contribution in [0.1, 0.15) is 32.1 Å². The molecule has 0 saturated carbocycles. The van der Waals surface area contributed by atoms with Crippen LogP contribution < -0.4 is 5.32 Å². The molecule has 0 aromatic carbocycles. The maximum Gasteiger partial charge on any atom is 0.0385 e. The predicted octanol–water partition coefficient (Wildman–Crippen LogP) is 2.12. The number of aliphatic imine (C=N–C) groups is 1. The van der Waals surface area contributed by atoms with Crippen molar-refractivity contribution in [3.8, 4) is 0 Å². The van der Waals surface area contributed by atoms with E-state index in [4.69, 9.17) is 0 Å². The molecule has 2 heterocycles. The second kappa shape index (κ2) is 6.89. The first kappa shape index (κ1) is 9.30. The Hall–Kier alpha value is -0.790. The molecule has 2 aliphatic heterocycles. The lowest BCUT2D eigenvalue weighted by atomic mass is 10.2. The van der Waals surface area contributed by atoms with Crippen LogP contribution in [0.3, 0.4) is 0 Å². The summed E-state index contributed by atoms with van der Waals surface area (Å²) < 4.78 is 0. The number of rotatable bonds is 0. The van der Waals surface area contributed by atoms with Crippen molar-refractivity contribution in [3.05, 3.63) is 12.3 Å². The molecule has 0 radical (unpaired) electrons. The van der Waals surface area contributed by atoms with Crippen molar-refractivity contribution in [3.63, 3.8) is 0 Å². The third-order valence-corrected chi connectivity index (χ3v) is 1.93. The lowest BCUT2D eigenvalue weighted by Crippen LogP contribution is -2.09. The molecule has 0 saturated heterocycles. The molecule has 68 valence electrons. The Labute approximate surface area is 74.8 Å². The van der Waals surface area contributed by atoms with E-state index in [1.165, 1.54) is 32.1 Å². The standard InChI is InChI=1S/2C5H9N/c2*1-2-4-6-5-3-1/h4H,1-3,5H2;2,4,6H,1,3,5H2. The van der Waals surface area contributed by atoms with E-state index in [1.54, 1.807) is 0 Å². The van der Waals surface area contributed by atoms with Crippen molar-refractivity contribution in [2.75, 3.05) is 13.1 Å². The van der Waals surface area contributed by atoms with Gasteiger partial charge in [0, 0.05) is 13.1 Å². The molecule has 0 amide bonds. The van der Waals surface area contributed by atoms with E-state index >= 15 is 0 Å². The molecule has 0 aromatic rings. The Morgan fingerprint density at radius 3 is 2.25 bits per heavy atom. The largest absolute Gasteiger partial charge is 0.391 e. The van der Waals surface area contributed by atoms with Crippen LogP contribution in [-0.2, 0) is 0 Å². The van der Waals surface area contributed by atoms with Gasteiger partial charge in [0.15, 0.2) is 0 Å². The molecule has 2 rings (SSSR count). The lowest BCUT2D eigenvalue weighted by molar-refractivity contribution is 0.728. The molecule has 0 bridgehead atoms. The number of nitrogens with zero attached hydrogens (tertiary/aromatic N) is 1. The second-order valence-corrected chi connectivity index (χ2v) is 3.08. The molecule has 0 aromatic heterocycles. The molecule has 1 N–H and O–H groups in total. The average molecular weight is 166 g/mol. The van der Waals surface area contributed by atoms with Crippen molar-refractivity contribution in [2.24, 2.45) is 4.99 Å². The van der Waals surface area contributed by atoms with E-state index in [2.05, 4.69) is 16.4 Å². The lowest BCUT2D eigenvalue weighted by Gasteiger charge is -2.02. The Kier molecular flexibility index (Phi) is 5.34. The SMILES string of the molecule is C1=CNCCC1.C1=NCCCC1. The highest BCUT2D eigenvalue weighted by molar-refractivity contribution is 5.57. The highest BCUT2D eigenvalue weighted by atomic mass is 14.8. The summed E-state index contributed by atoms with van der Waals surface area (Å²) in [4.78, 5) is 4.05. The van der Waals surface area contributed by atoms with Crippen molar-refractivity contribution >= 4 is 6.21 Å². The summed E-state index contributed by atoms with van der Waals surface area (Å²) in [5, 5.41) is 3.10. The zero-order valence-electron chi connectivity index (χ0n) is 7.63. The van der Waals surface area contributed by atoms with Gasteiger partial charge in [-0.2, -0.15) is 0 Å². The van der Waals surface area contributed by atoms with E-state index in [1.807, 2.05) is 12.4 Å². The topological polar surface area (TPSA) is 24.4 Å². The predicted molar refractivity (Wildman–Crippen MR) is 53.6 cm³/mol. The minimum absolute atomic E-state index is 1.07. The maximum absolute atomic E-state index is 4.05. The van der Waals surface area contributed by atoms with Crippen LogP contribution in [0.15, 0.2) is 17.3 Å². The fourth-order valence-electron chi connectivity index (χ4n) is 1.19. The van der Waals surface area contributed by atoms with Gasteiger partial charge in [0.05, 0.1) is 0 Å². The van der Waals surface area contributed by atoms with Gasteiger partial charge < -0.3 is 5.32 Å².